The number of aromatic nitrogens is 3. The van der Waals surface area contributed by atoms with Crippen LogP contribution in [0.1, 0.15) is 19.2 Å². The van der Waals surface area contributed by atoms with Crippen LogP contribution in [0, 0.1) is 5.82 Å². The third-order valence-electron chi connectivity index (χ3n) is 3.97. The van der Waals surface area contributed by atoms with Crippen molar-refractivity contribution < 1.29 is 13.5 Å². The molecule has 1 unspecified atom stereocenters. The predicted molar refractivity (Wildman–Crippen MR) is 103 cm³/mol. The van der Waals surface area contributed by atoms with Crippen molar-refractivity contribution in [2.24, 2.45) is 4.99 Å². The van der Waals surface area contributed by atoms with Gasteiger partial charge in [-0.3, -0.25) is 10.1 Å². The highest BCUT2D eigenvalue weighted by molar-refractivity contribution is 5.79. The number of hydrogen-bond donors (Lipinski definition) is 3. The van der Waals surface area contributed by atoms with Crippen LogP contribution in [0.25, 0.3) is 11.6 Å². The number of furan rings is 1. The number of benzene rings is 1. The summed E-state index contributed by atoms with van der Waals surface area (Å²) in [5.74, 6) is 2.53. The van der Waals surface area contributed by atoms with Crippen molar-refractivity contribution in [3.8, 4) is 17.3 Å². The fraction of sp³-hybridized carbons (Fsp3) is 0.316. The topological polar surface area (TPSA) is 100 Å². The molecule has 0 aliphatic carbocycles. The summed E-state index contributed by atoms with van der Waals surface area (Å²) in [5.41, 5.74) is 0. The summed E-state index contributed by atoms with van der Waals surface area (Å²) in [7, 11) is 1.68. The van der Waals surface area contributed by atoms with Gasteiger partial charge in [0.15, 0.2) is 11.7 Å². The number of rotatable bonds is 8. The van der Waals surface area contributed by atoms with E-state index in [1.54, 1.807) is 37.6 Å². The van der Waals surface area contributed by atoms with Crippen LogP contribution in [0.4, 0.5) is 4.39 Å². The summed E-state index contributed by atoms with van der Waals surface area (Å²) in [6, 6.07) is 9.70. The molecule has 0 aliphatic rings. The smallest absolute Gasteiger partial charge is 0.216 e. The van der Waals surface area contributed by atoms with Crippen molar-refractivity contribution in [1.82, 2.24) is 25.8 Å². The van der Waals surface area contributed by atoms with Gasteiger partial charge < -0.3 is 19.8 Å². The number of nitrogens with one attached hydrogen (secondary N) is 3. The highest BCUT2D eigenvalue weighted by Crippen LogP contribution is 2.15. The number of hydrogen-bond acceptors (Lipinski definition) is 5. The van der Waals surface area contributed by atoms with E-state index in [0.29, 0.717) is 42.2 Å². The number of aliphatic imine (C=N–C) groups is 1. The molecule has 0 amide bonds. The molecule has 2 aromatic heterocycles. The van der Waals surface area contributed by atoms with E-state index in [2.05, 4.69) is 30.8 Å². The summed E-state index contributed by atoms with van der Waals surface area (Å²) in [6.45, 7) is 2.93. The molecule has 3 rings (SSSR count). The van der Waals surface area contributed by atoms with E-state index < -0.39 is 0 Å². The molecule has 0 saturated heterocycles. The molecule has 0 saturated carbocycles. The third kappa shape index (κ3) is 5.32. The van der Waals surface area contributed by atoms with Crippen molar-refractivity contribution in [3.63, 3.8) is 0 Å². The lowest BCUT2D eigenvalue weighted by atomic mass is 10.2. The van der Waals surface area contributed by atoms with Crippen LogP contribution in [-0.4, -0.2) is 40.8 Å². The van der Waals surface area contributed by atoms with Gasteiger partial charge >= 0.3 is 0 Å². The Balaban J connectivity index is 1.48. The first-order valence-electron chi connectivity index (χ1n) is 8.99. The van der Waals surface area contributed by atoms with E-state index in [9.17, 15) is 4.39 Å². The Hall–Kier alpha value is -3.36. The molecule has 2 heterocycles. The first-order valence-corrected chi connectivity index (χ1v) is 8.99. The van der Waals surface area contributed by atoms with Crippen molar-refractivity contribution in [2.75, 3.05) is 13.6 Å². The molecule has 1 atom stereocenters. The van der Waals surface area contributed by atoms with E-state index in [0.717, 1.165) is 6.42 Å². The van der Waals surface area contributed by atoms with Gasteiger partial charge in [-0.2, -0.15) is 0 Å². The second-order valence-electron chi connectivity index (χ2n) is 6.00. The third-order valence-corrected chi connectivity index (χ3v) is 3.97. The highest BCUT2D eigenvalue weighted by atomic mass is 19.1. The van der Waals surface area contributed by atoms with Crippen LogP contribution in [0.2, 0.25) is 0 Å². The summed E-state index contributed by atoms with van der Waals surface area (Å²) in [5, 5.41) is 13.3. The predicted octanol–water partition coefficient (Wildman–Crippen LogP) is 2.73. The van der Waals surface area contributed by atoms with Gasteiger partial charge in [-0.15, -0.1) is 5.10 Å². The van der Waals surface area contributed by atoms with Gasteiger partial charge in [-0.25, -0.2) is 9.37 Å². The fourth-order valence-electron chi connectivity index (χ4n) is 2.49. The van der Waals surface area contributed by atoms with Crippen LogP contribution < -0.4 is 15.4 Å². The number of aromatic amines is 1. The number of nitrogens with zero attached hydrogens (tertiary/aromatic N) is 3. The average Bonchev–Trinajstić information content (AvgIpc) is 3.38. The second-order valence-corrected chi connectivity index (χ2v) is 6.00. The fourth-order valence-corrected chi connectivity index (χ4v) is 2.49. The van der Waals surface area contributed by atoms with Gasteiger partial charge in [0.1, 0.15) is 23.5 Å². The highest BCUT2D eigenvalue weighted by Gasteiger charge is 2.11. The Morgan fingerprint density at radius 3 is 2.93 bits per heavy atom. The van der Waals surface area contributed by atoms with Crippen molar-refractivity contribution >= 4 is 5.96 Å². The van der Waals surface area contributed by atoms with Crippen molar-refractivity contribution in [2.45, 2.75) is 26.0 Å². The standard InChI is InChI=1S/C19H23FN6O2/c1-3-14(28-15-7-4-6-13(20)10-15)11-22-19(21-2)23-12-17-24-18(26-25-17)16-8-5-9-27-16/h4-10,14H,3,11-12H2,1-2H3,(H2,21,22,23)(H,24,25,26). The molecule has 0 spiro atoms. The average molecular weight is 386 g/mol. The van der Waals surface area contributed by atoms with Gasteiger partial charge in [0.2, 0.25) is 5.82 Å². The maximum absolute atomic E-state index is 13.3. The first kappa shape index (κ1) is 19.4. The van der Waals surface area contributed by atoms with Gasteiger partial charge in [-0.05, 0) is 30.7 Å². The van der Waals surface area contributed by atoms with Crippen LogP contribution in [-0.2, 0) is 6.54 Å². The summed E-state index contributed by atoms with van der Waals surface area (Å²) in [4.78, 5) is 8.55. The summed E-state index contributed by atoms with van der Waals surface area (Å²) in [6.07, 6.45) is 2.21. The molecule has 28 heavy (non-hydrogen) atoms. The molecule has 148 valence electrons. The van der Waals surface area contributed by atoms with Crippen LogP contribution in [0.15, 0.2) is 52.1 Å². The monoisotopic (exact) mass is 386 g/mol. The minimum Gasteiger partial charge on any atom is -0.489 e. The molecule has 9 heteroatoms. The van der Waals surface area contributed by atoms with Gasteiger partial charge in [0, 0.05) is 13.1 Å². The molecule has 3 aromatic rings. The Bertz CT molecular complexity index is 893. The van der Waals surface area contributed by atoms with E-state index >= 15 is 0 Å². The molecule has 8 nitrogen and oxygen atoms in total. The summed E-state index contributed by atoms with van der Waals surface area (Å²) >= 11 is 0. The van der Waals surface area contributed by atoms with Crippen molar-refractivity contribution in [1.29, 1.82) is 0 Å². The molecular formula is C19H23FN6O2. The van der Waals surface area contributed by atoms with Gasteiger partial charge in [-0.1, -0.05) is 13.0 Å². The lowest BCUT2D eigenvalue weighted by molar-refractivity contribution is 0.198. The number of guanidine groups is 1. The maximum Gasteiger partial charge on any atom is 0.216 e. The second kappa shape index (κ2) is 9.54. The normalized spacial score (nSPS) is 12.6. The first-order chi connectivity index (χ1) is 13.7. The lowest BCUT2D eigenvalue weighted by Gasteiger charge is -2.19. The molecule has 0 radical (unpaired) electrons. The quantitative estimate of drug-likeness (QED) is 0.407. The molecule has 0 aliphatic heterocycles. The zero-order valence-corrected chi connectivity index (χ0v) is 15.8. The SMILES string of the molecule is CCC(CNC(=NC)NCc1nc(-c2ccco2)n[nH]1)Oc1cccc(F)c1. The number of ether oxygens (including phenoxy) is 1. The molecule has 0 fully saturated rings. The van der Waals surface area contributed by atoms with Crippen LogP contribution in [0.5, 0.6) is 5.75 Å². The zero-order chi connectivity index (χ0) is 19.8. The minimum atomic E-state index is -0.321. The van der Waals surface area contributed by atoms with E-state index in [1.165, 1.54) is 12.1 Å². The maximum atomic E-state index is 13.3. The molecule has 0 bridgehead atoms. The van der Waals surface area contributed by atoms with Crippen LogP contribution >= 0.6 is 0 Å². The Morgan fingerprint density at radius 2 is 2.21 bits per heavy atom. The zero-order valence-electron chi connectivity index (χ0n) is 15.8. The molecule has 1 aromatic carbocycles. The Labute approximate surface area is 162 Å². The number of H-pyrrole nitrogens is 1. The van der Waals surface area contributed by atoms with Crippen molar-refractivity contribution in [3.05, 3.63) is 54.3 Å². The molecule has 3 N–H and O–H groups in total. The molecular weight excluding hydrogens is 363 g/mol. The van der Waals surface area contributed by atoms with E-state index in [-0.39, 0.29) is 11.9 Å². The van der Waals surface area contributed by atoms with Crippen LogP contribution in [0.3, 0.4) is 0 Å². The van der Waals surface area contributed by atoms with E-state index in [4.69, 9.17) is 9.15 Å². The number of halogens is 1. The lowest BCUT2D eigenvalue weighted by Crippen LogP contribution is -2.42. The Morgan fingerprint density at radius 1 is 1.32 bits per heavy atom. The van der Waals surface area contributed by atoms with Gasteiger partial charge in [0.05, 0.1) is 19.4 Å². The summed E-state index contributed by atoms with van der Waals surface area (Å²) < 4.78 is 24.4. The van der Waals surface area contributed by atoms with Gasteiger partial charge in [0.25, 0.3) is 0 Å². The minimum absolute atomic E-state index is 0.129. The largest absolute Gasteiger partial charge is 0.489 e. The Kier molecular flexibility index (Phi) is 6.61. The van der Waals surface area contributed by atoms with E-state index in [1.807, 2.05) is 6.92 Å².